The average Bonchev–Trinajstić information content (AvgIpc) is 3.29. The molecule has 0 atom stereocenters. The third-order valence-electron chi connectivity index (χ3n) is 6.31. The van der Waals surface area contributed by atoms with Crippen LogP contribution in [-0.4, -0.2) is 18.0 Å². The van der Waals surface area contributed by atoms with Crippen LogP contribution < -0.4 is 15.5 Å². The largest absolute Gasteiger partial charge is 0.488 e. The Hall–Kier alpha value is -4.55. The van der Waals surface area contributed by atoms with Gasteiger partial charge < -0.3 is 10.1 Å². The zero-order valence-electron chi connectivity index (χ0n) is 20.3. The van der Waals surface area contributed by atoms with Gasteiger partial charge in [0, 0.05) is 10.4 Å². The van der Waals surface area contributed by atoms with Gasteiger partial charge in [-0.3, -0.25) is 9.59 Å². The lowest BCUT2D eigenvalue weighted by atomic mass is 9.96. The number of carbonyl (C=O) groups excluding carboxylic acids is 2. The van der Waals surface area contributed by atoms with Gasteiger partial charge >= 0.3 is 11.8 Å². The summed E-state index contributed by atoms with van der Waals surface area (Å²) in [5, 5.41) is 18.3. The maximum atomic E-state index is 13.2. The van der Waals surface area contributed by atoms with Gasteiger partial charge in [0.1, 0.15) is 29.2 Å². The van der Waals surface area contributed by atoms with E-state index in [1.165, 1.54) is 29.7 Å². The van der Waals surface area contributed by atoms with Crippen molar-refractivity contribution in [3.05, 3.63) is 93.6 Å². The maximum absolute atomic E-state index is 13.2. The second-order valence-corrected chi connectivity index (χ2v) is 9.90. The van der Waals surface area contributed by atoms with Gasteiger partial charge in [-0.1, -0.05) is 42.5 Å². The molecule has 1 aliphatic carbocycles. The minimum Gasteiger partial charge on any atom is -0.488 e. The SMILES string of the molecule is N#Cc1c(NC(=O)C(=O)N/N=C/c2c(OCc3ccc(F)cc3)ccc3ccccc23)sc2c1CCCC2. The van der Waals surface area contributed by atoms with Gasteiger partial charge in [-0.25, -0.2) is 9.82 Å². The van der Waals surface area contributed by atoms with E-state index in [1.54, 1.807) is 18.2 Å². The molecule has 0 radical (unpaired) electrons. The molecule has 2 N–H and O–H groups in total. The highest BCUT2D eigenvalue weighted by molar-refractivity contribution is 7.16. The number of amides is 2. The number of anilines is 1. The van der Waals surface area contributed by atoms with Crippen LogP contribution in [0.1, 0.15) is 40.0 Å². The van der Waals surface area contributed by atoms with Gasteiger partial charge in [-0.2, -0.15) is 10.4 Å². The molecule has 1 aromatic heterocycles. The number of halogens is 1. The summed E-state index contributed by atoms with van der Waals surface area (Å²) in [5.74, 6) is -1.67. The number of hydrogen-bond donors (Lipinski definition) is 2. The van der Waals surface area contributed by atoms with E-state index in [-0.39, 0.29) is 12.4 Å². The fourth-order valence-electron chi connectivity index (χ4n) is 4.41. The summed E-state index contributed by atoms with van der Waals surface area (Å²) < 4.78 is 19.2. The van der Waals surface area contributed by atoms with Crippen LogP contribution in [0.15, 0.2) is 65.8 Å². The van der Waals surface area contributed by atoms with Crippen molar-refractivity contribution in [2.24, 2.45) is 5.10 Å². The predicted molar refractivity (Wildman–Crippen MR) is 145 cm³/mol. The average molecular weight is 527 g/mol. The van der Waals surface area contributed by atoms with Crippen LogP contribution in [0.5, 0.6) is 5.75 Å². The summed E-state index contributed by atoms with van der Waals surface area (Å²) in [6.45, 7) is 0.209. The Bertz CT molecular complexity index is 1590. The van der Waals surface area contributed by atoms with E-state index in [9.17, 15) is 19.2 Å². The van der Waals surface area contributed by atoms with Gasteiger partial charge in [0.25, 0.3) is 0 Å². The van der Waals surface area contributed by atoms with Crippen LogP contribution >= 0.6 is 11.3 Å². The third-order valence-corrected chi connectivity index (χ3v) is 7.52. The lowest BCUT2D eigenvalue weighted by Gasteiger charge is -2.12. The third kappa shape index (κ3) is 5.41. The maximum Gasteiger partial charge on any atom is 0.329 e. The molecule has 0 saturated heterocycles. The molecule has 2 amide bonds. The molecule has 1 aliphatic rings. The zero-order valence-corrected chi connectivity index (χ0v) is 21.1. The first kappa shape index (κ1) is 25.1. The number of nitriles is 1. The molecule has 7 nitrogen and oxygen atoms in total. The van der Waals surface area contributed by atoms with Crippen molar-refractivity contribution in [3.8, 4) is 11.8 Å². The van der Waals surface area contributed by atoms with Crippen molar-refractivity contribution in [1.82, 2.24) is 5.43 Å². The molecule has 5 rings (SSSR count). The minimum absolute atomic E-state index is 0.209. The highest BCUT2D eigenvalue weighted by Crippen LogP contribution is 2.37. The number of aryl methyl sites for hydroxylation is 1. The first-order chi connectivity index (χ1) is 18.5. The van der Waals surface area contributed by atoms with Crippen LogP contribution in [0.25, 0.3) is 10.8 Å². The molecule has 0 saturated carbocycles. The highest BCUT2D eigenvalue weighted by atomic mass is 32.1. The van der Waals surface area contributed by atoms with Crippen molar-refractivity contribution < 1.29 is 18.7 Å². The molecular weight excluding hydrogens is 503 g/mol. The Morgan fingerprint density at radius 1 is 1.05 bits per heavy atom. The summed E-state index contributed by atoms with van der Waals surface area (Å²) in [6, 6.07) is 19.5. The van der Waals surface area contributed by atoms with Gasteiger partial charge in [0.05, 0.1) is 11.8 Å². The second kappa shape index (κ2) is 11.2. The molecule has 1 heterocycles. The molecule has 0 aliphatic heterocycles. The first-order valence-corrected chi connectivity index (χ1v) is 12.9. The lowest BCUT2D eigenvalue weighted by molar-refractivity contribution is -0.136. The van der Waals surface area contributed by atoms with Crippen molar-refractivity contribution in [1.29, 1.82) is 5.26 Å². The molecular formula is C29H23FN4O3S. The first-order valence-electron chi connectivity index (χ1n) is 12.1. The Morgan fingerprint density at radius 3 is 2.66 bits per heavy atom. The van der Waals surface area contributed by atoms with Crippen molar-refractivity contribution in [2.75, 3.05) is 5.32 Å². The Labute approximate surface area is 222 Å². The molecule has 0 unspecified atom stereocenters. The molecule has 38 heavy (non-hydrogen) atoms. The van der Waals surface area contributed by atoms with Crippen LogP contribution in [-0.2, 0) is 29.0 Å². The van der Waals surface area contributed by atoms with E-state index >= 15 is 0 Å². The summed E-state index contributed by atoms with van der Waals surface area (Å²) in [4.78, 5) is 26.1. The van der Waals surface area contributed by atoms with Gasteiger partial charge in [-0.15, -0.1) is 11.3 Å². The number of benzene rings is 3. The number of thiophene rings is 1. The van der Waals surface area contributed by atoms with Crippen molar-refractivity contribution in [2.45, 2.75) is 32.3 Å². The topological polar surface area (TPSA) is 104 Å². The van der Waals surface area contributed by atoms with E-state index in [0.29, 0.717) is 21.9 Å². The number of carbonyl (C=O) groups is 2. The smallest absolute Gasteiger partial charge is 0.329 e. The number of ether oxygens (including phenoxy) is 1. The summed E-state index contributed by atoms with van der Waals surface area (Å²) in [5.41, 5.74) is 5.08. The summed E-state index contributed by atoms with van der Waals surface area (Å²) >= 11 is 1.35. The number of fused-ring (bicyclic) bond motifs is 2. The van der Waals surface area contributed by atoms with Gasteiger partial charge in [0.15, 0.2) is 0 Å². The summed E-state index contributed by atoms with van der Waals surface area (Å²) in [6.07, 6.45) is 5.16. The van der Waals surface area contributed by atoms with Crippen LogP contribution in [0.2, 0.25) is 0 Å². The number of hydrogen-bond acceptors (Lipinski definition) is 6. The van der Waals surface area contributed by atoms with E-state index in [0.717, 1.165) is 52.5 Å². The van der Waals surface area contributed by atoms with E-state index in [1.807, 2.05) is 30.3 Å². The Kier molecular flexibility index (Phi) is 7.43. The number of nitrogens with zero attached hydrogens (tertiary/aromatic N) is 2. The normalized spacial score (nSPS) is 12.6. The molecule has 190 valence electrons. The molecule has 0 fully saturated rings. The van der Waals surface area contributed by atoms with E-state index in [4.69, 9.17) is 4.74 Å². The Balaban J connectivity index is 1.31. The number of hydrazone groups is 1. The second-order valence-electron chi connectivity index (χ2n) is 8.79. The van der Waals surface area contributed by atoms with E-state index < -0.39 is 11.8 Å². The van der Waals surface area contributed by atoms with Crippen LogP contribution in [0, 0.1) is 17.1 Å². The molecule has 4 aromatic rings. The monoisotopic (exact) mass is 526 g/mol. The highest BCUT2D eigenvalue weighted by Gasteiger charge is 2.23. The van der Waals surface area contributed by atoms with E-state index in [2.05, 4.69) is 21.9 Å². The molecule has 0 bridgehead atoms. The Morgan fingerprint density at radius 2 is 1.84 bits per heavy atom. The molecule has 0 spiro atoms. The van der Waals surface area contributed by atoms with Gasteiger partial charge in [0.2, 0.25) is 0 Å². The molecule has 9 heteroatoms. The lowest BCUT2D eigenvalue weighted by Crippen LogP contribution is -2.32. The fourth-order valence-corrected chi connectivity index (χ4v) is 5.65. The quantitative estimate of drug-likeness (QED) is 0.198. The van der Waals surface area contributed by atoms with Crippen LogP contribution in [0.3, 0.4) is 0 Å². The predicted octanol–water partition coefficient (Wildman–Crippen LogP) is 5.46. The van der Waals surface area contributed by atoms with Gasteiger partial charge in [-0.05, 0) is 65.8 Å². The number of nitrogens with one attached hydrogen (secondary N) is 2. The fraction of sp³-hybridized carbons (Fsp3) is 0.172. The number of rotatable bonds is 6. The molecule has 3 aromatic carbocycles. The standard InChI is InChI=1S/C29H23FN4O3S/c30-20-12-9-18(10-13-20)17-37-25-14-11-19-5-1-2-6-21(19)24(25)16-32-34-28(36)27(35)33-29-23(15-31)22-7-3-4-8-26(22)38-29/h1-2,5-6,9-14,16H,3-4,7-8,17H2,(H,33,35)(H,34,36)/b32-16+. The van der Waals surface area contributed by atoms with Crippen molar-refractivity contribution >= 4 is 45.1 Å². The minimum atomic E-state index is -0.953. The van der Waals surface area contributed by atoms with Crippen molar-refractivity contribution in [3.63, 3.8) is 0 Å². The summed E-state index contributed by atoms with van der Waals surface area (Å²) in [7, 11) is 0. The van der Waals surface area contributed by atoms with Crippen LogP contribution in [0.4, 0.5) is 9.39 Å². The zero-order chi connectivity index (χ0) is 26.5.